The fourth-order valence-corrected chi connectivity index (χ4v) is 2.30. The number of para-hydroxylation sites is 1. The fourth-order valence-electron chi connectivity index (χ4n) is 2.30. The summed E-state index contributed by atoms with van der Waals surface area (Å²) < 4.78 is 10.7. The molecule has 5 heteroatoms. The fraction of sp³-hybridized carbons (Fsp3) is 0.235. The number of rotatable bonds is 5. The molecule has 22 heavy (non-hydrogen) atoms. The number of nitrogens with one attached hydrogen (secondary N) is 1. The number of carbonyl (C=O) groups excluding carboxylic acids is 1. The maximum Gasteiger partial charge on any atom is 0.287 e. The van der Waals surface area contributed by atoms with Gasteiger partial charge < -0.3 is 19.3 Å². The summed E-state index contributed by atoms with van der Waals surface area (Å²) in [5.74, 6) is 0.550. The predicted molar refractivity (Wildman–Crippen MR) is 81.6 cm³/mol. The summed E-state index contributed by atoms with van der Waals surface area (Å²) in [6.45, 7) is 1.75. The van der Waals surface area contributed by atoms with Crippen LogP contribution in [0.15, 0.2) is 57.6 Å². The number of amides is 1. The minimum Gasteiger partial charge on any atom is -0.469 e. The van der Waals surface area contributed by atoms with Crippen LogP contribution in [0.5, 0.6) is 0 Å². The van der Waals surface area contributed by atoms with E-state index in [1.165, 1.54) is 0 Å². The van der Waals surface area contributed by atoms with Gasteiger partial charge in [-0.3, -0.25) is 4.79 Å². The molecule has 0 unspecified atom stereocenters. The number of hydrogen-bond donors (Lipinski definition) is 2. The van der Waals surface area contributed by atoms with Crippen molar-refractivity contribution in [3.8, 4) is 0 Å². The molecule has 0 fully saturated rings. The third-order valence-corrected chi connectivity index (χ3v) is 3.41. The highest BCUT2D eigenvalue weighted by molar-refractivity contribution is 5.96. The Balaban J connectivity index is 1.64. The molecule has 2 heterocycles. The van der Waals surface area contributed by atoms with Crippen LogP contribution < -0.4 is 5.32 Å². The Bertz CT molecular complexity index is 738. The molecule has 0 saturated heterocycles. The van der Waals surface area contributed by atoms with Crippen LogP contribution in [-0.2, 0) is 6.42 Å². The smallest absolute Gasteiger partial charge is 0.287 e. The van der Waals surface area contributed by atoms with Crippen molar-refractivity contribution >= 4 is 16.9 Å². The van der Waals surface area contributed by atoms with Crippen LogP contribution >= 0.6 is 0 Å². The van der Waals surface area contributed by atoms with Crippen molar-refractivity contribution in [1.82, 2.24) is 5.32 Å². The molecule has 0 bridgehead atoms. The molecule has 0 spiro atoms. The number of aliphatic hydroxyl groups is 1. The zero-order chi connectivity index (χ0) is 15.6. The van der Waals surface area contributed by atoms with Gasteiger partial charge in [-0.25, -0.2) is 0 Å². The number of benzene rings is 1. The molecule has 0 aliphatic heterocycles. The normalized spacial score (nSPS) is 13.9. The molecule has 114 valence electrons. The monoisotopic (exact) mass is 299 g/mol. The molecule has 2 N–H and O–H groups in total. The van der Waals surface area contributed by atoms with Gasteiger partial charge in [0.1, 0.15) is 11.3 Å². The molecule has 3 aromatic rings. The van der Waals surface area contributed by atoms with Crippen molar-refractivity contribution in [3.05, 3.63) is 60.2 Å². The predicted octanol–water partition coefficient (Wildman–Crippen LogP) is 2.75. The van der Waals surface area contributed by atoms with Gasteiger partial charge in [0.15, 0.2) is 5.76 Å². The lowest BCUT2D eigenvalue weighted by molar-refractivity contribution is 0.0504. The summed E-state index contributed by atoms with van der Waals surface area (Å²) in [7, 11) is 0. The second-order valence-electron chi connectivity index (χ2n) is 5.58. The molecule has 1 aromatic carbocycles. The number of furan rings is 2. The average molecular weight is 299 g/mol. The molecule has 5 nitrogen and oxygen atoms in total. The SMILES string of the molecule is C[C@](O)(CNC(=O)c1cc2ccccc2o1)Cc1ccco1. The maximum atomic E-state index is 12.1. The quantitative estimate of drug-likeness (QED) is 0.759. The van der Waals surface area contributed by atoms with E-state index in [4.69, 9.17) is 8.83 Å². The van der Waals surface area contributed by atoms with Gasteiger partial charge in [0, 0.05) is 18.4 Å². The Hall–Kier alpha value is -2.53. The van der Waals surface area contributed by atoms with E-state index in [2.05, 4.69) is 5.32 Å². The number of hydrogen-bond acceptors (Lipinski definition) is 4. The highest BCUT2D eigenvalue weighted by Crippen LogP contribution is 2.19. The molecular weight excluding hydrogens is 282 g/mol. The van der Waals surface area contributed by atoms with Crippen molar-refractivity contribution < 1.29 is 18.7 Å². The summed E-state index contributed by atoms with van der Waals surface area (Å²) in [6.07, 6.45) is 1.87. The van der Waals surface area contributed by atoms with Crippen molar-refractivity contribution in [2.75, 3.05) is 6.54 Å². The lowest BCUT2D eigenvalue weighted by Gasteiger charge is -2.22. The highest BCUT2D eigenvalue weighted by Gasteiger charge is 2.24. The molecule has 3 rings (SSSR count). The second kappa shape index (κ2) is 5.69. The lowest BCUT2D eigenvalue weighted by atomic mass is 10.0. The first-order valence-corrected chi connectivity index (χ1v) is 7.05. The molecule has 1 atom stereocenters. The first-order valence-electron chi connectivity index (χ1n) is 7.05. The Morgan fingerprint density at radius 1 is 1.27 bits per heavy atom. The molecule has 0 aliphatic carbocycles. The van der Waals surface area contributed by atoms with E-state index in [9.17, 15) is 9.90 Å². The number of carbonyl (C=O) groups is 1. The molecule has 0 radical (unpaired) electrons. The third-order valence-electron chi connectivity index (χ3n) is 3.41. The summed E-state index contributed by atoms with van der Waals surface area (Å²) >= 11 is 0. The minimum atomic E-state index is -1.10. The van der Waals surface area contributed by atoms with Crippen LogP contribution in [0.2, 0.25) is 0 Å². The first kappa shape index (κ1) is 14.4. The van der Waals surface area contributed by atoms with Gasteiger partial charge in [0.25, 0.3) is 5.91 Å². The Labute approximate surface area is 127 Å². The Morgan fingerprint density at radius 3 is 2.82 bits per heavy atom. The topological polar surface area (TPSA) is 75.6 Å². The summed E-state index contributed by atoms with van der Waals surface area (Å²) in [6, 6.07) is 12.6. The van der Waals surface area contributed by atoms with Crippen LogP contribution in [0, 0.1) is 0 Å². The minimum absolute atomic E-state index is 0.101. The standard InChI is InChI=1S/C17H17NO4/c1-17(20,10-13-6-4-8-21-13)11-18-16(19)15-9-12-5-2-3-7-14(12)22-15/h2-9,20H,10-11H2,1H3,(H,18,19)/t17-/m1/s1. The van der Waals surface area contributed by atoms with Crippen molar-refractivity contribution in [2.45, 2.75) is 18.9 Å². The summed E-state index contributed by atoms with van der Waals surface area (Å²) in [5, 5.41) is 13.9. The third kappa shape index (κ3) is 3.20. The van der Waals surface area contributed by atoms with Crippen LogP contribution in [0.4, 0.5) is 0 Å². The van der Waals surface area contributed by atoms with E-state index in [-0.39, 0.29) is 18.2 Å². The van der Waals surface area contributed by atoms with Gasteiger partial charge in [0.05, 0.1) is 11.9 Å². The van der Waals surface area contributed by atoms with E-state index in [1.54, 1.807) is 37.5 Å². The van der Waals surface area contributed by atoms with E-state index < -0.39 is 5.60 Å². The molecule has 1 amide bonds. The lowest BCUT2D eigenvalue weighted by Crippen LogP contribution is -2.42. The van der Waals surface area contributed by atoms with E-state index >= 15 is 0 Å². The molecule has 0 aliphatic rings. The van der Waals surface area contributed by atoms with Crippen LogP contribution in [-0.4, -0.2) is 23.2 Å². The summed E-state index contributed by atoms with van der Waals surface area (Å²) in [4.78, 5) is 12.1. The Kier molecular flexibility index (Phi) is 3.73. The molecule has 2 aromatic heterocycles. The van der Waals surface area contributed by atoms with Gasteiger partial charge >= 0.3 is 0 Å². The molecule has 0 saturated carbocycles. The van der Waals surface area contributed by atoms with Gasteiger partial charge in [-0.2, -0.15) is 0 Å². The van der Waals surface area contributed by atoms with E-state index in [0.29, 0.717) is 17.8 Å². The Morgan fingerprint density at radius 2 is 2.09 bits per heavy atom. The molecular formula is C17H17NO4. The summed E-state index contributed by atoms with van der Waals surface area (Å²) in [5.41, 5.74) is -0.436. The average Bonchev–Trinajstić information content (AvgIpc) is 3.13. The van der Waals surface area contributed by atoms with Crippen molar-refractivity contribution in [1.29, 1.82) is 0 Å². The van der Waals surface area contributed by atoms with E-state index in [0.717, 1.165) is 5.39 Å². The van der Waals surface area contributed by atoms with Crippen LogP contribution in [0.3, 0.4) is 0 Å². The first-order chi connectivity index (χ1) is 10.5. The zero-order valence-corrected chi connectivity index (χ0v) is 12.2. The van der Waals surface area contributed by atoms with Gasteiger partial charge in [-0.15, -0.1) is 0 Å². The van der Waals surface area contributed by atoms with Gasteiger partial charge in [0.2, 0.25) is 0 Å². The zero-order valence-electron chi connectivity index (χ0n) is 12.2. The van der Waals surface area contributed by atoms with E-state index in [1.807, 2.05) is 18.2 Å². The van der Waals surface area contributed by atoms with Gasteiger partial charge in [-0.1, -0.05) is 18.2 Å². The largest absolute Gasteiger partial charge is 0.469 e. The van der Waals surface area contributed by atoms with Crippen molar-refractivity contribution in [3.63, 3.8) is 0 Å². The van der Waals surface area contributed by atoms with Crippen LogP contribution in [0.25, 0.3) is 11.0 Å². The number of fused-ring (bicyclic) bond motifs is 1. The second-order valence-corrected chi connectivity index (χ2v) is 5.58. The van der Waals surface area contributed by atoms with Gasteiger partial charge in [-0.05, 0) is 31.2 Å². The van der Waals surface area contributed by atoms with Crippen molar-refractivity contribution in [2.24, 2.45) is 0 Å². The maximum absolute atomic E-state index is 12.1. The highest BCUT2D eigenvalue weighted by atomic mass is 16.3. The van der Waals surface area contributed by atoms with Crippen LogP contribution in [0.1, 0.15) is 23.2 Å².